The molecule has 2 heterocycles. The molecule has 2 N–H and O–H groups in total. The Bertz CT molecular complexity index is 722. The molecule has 0 saturated carbocycles. The molecule has 0 radical (unpaired) electrons. The quantitative estimate of drug-likeness (QED) is 0.874. The summed E-state index contributed by atoms with van der Waals surface area (Å²) in [6.45, 7) is 5.26. The number of ether oxygens (including phenoxy) is 1. The molecule has 6 nitrogen and oxygen atoms in total. The van der Waals surface area contributed by atoms with Gasteiger partial charge in [0, 0.05) is 18.7 Å². The highest BCUT2D eigenvalue weighted by atomic mass is 16.5. The van der Waals surface area contributed by atoms with E-state index in [-0.39, 0.29) is 5.78 Å². The van der Waals surface area contributed by atoms with E-state index in [1.54, 1.807) is 24.3 Å². The number of nitrogens with two attached hydrogens (primary N) is 1. The van der Waals surface area contributed by atoms with Crippen molar-refractivity contribution >= 4 is 17.3 Å². The molecule has 1 aromatic heterocycles. The summed E-state index contributed by atoms with van der Waals surface area (Å²) in [4.78, 5) is 22.2. The first-order valence-corrected chi connectivity index (χ1v) is 7.72. The third-order valence-corrected chi connectivity index (χ3v) is 3.88. The fraction of sp³-hybridized carbons (Fsp3) is 0.353. The van der Waals surface area contributed by atoms with Crippen molar-refractivity contribution in [2.45, 2.75) is 26.7 Å². The van der Waals surface area contributed by atoms with Crippen LogP contribution in [0, 0.1) is 6.92 Å². The first-order chi connectivity index (χ1) is 11.0. The maximum atomic E-state index is 11.3. The van der Waals surface area contributed by atoms with Crippen molar-refractivity contribution in [2.24, 2.45) is 0 Å². The first-order valence-electron chi connectivity index (χ1n) is 7.72. The van der Waals surface area contributed by atoms with Gasteiger partial charge < -0.3 is 15.4 Å². The number of nitrogen functional groups attached to an aromatic ring is 1. The highest BCUT2D eigenvalue weighted by Gasteiger charge is 2.20. The summed E-state index contributed by atoms with van der Waals surface area (Å²) in [5.41, 5.74) is 7.30. The third kappa shape index (κ3) is 3.26. The molecule has 0 aliphatic carbocycles. The van der Waals surface area contributed by atoms with Crippen LogP contribution in [0.1, 0.15) is 35.9 Å². The van der Waals surface area contributed by atoms with Crippen molar-refractivity contribution in [3.05, 3.63) is 35.7 Å². The van der Waals surface area contributed by atoms with Crippen LogP contribution in [0.25, 0.3) is 0 Å². The molecule has 0 amide bonds. The molecule has 0 unspecified atom stereocenters. The monoisotopic (exact) mass is 312 g/mol. The second-order valence-electron chi connectivity index (χ2n) is 5.69. The number of aryl methyl sites for hydroxylation is 1. The van der Waals surface area contributed by atoms with Crippen LogP contribution in [0.5, 0.6) is 11.6 Å². The van der Waals surface area contributed by atoms with Crippen LogP contribution < -0.4 is 15.4 Å². The number of hydrogen-bond donors (Lipinski definition) is 1. The molecule has 120 valence electrons. The summed E-state index contributed by atoms with van der Waals surface area (Å²) in [7, 11) is 0. The van der Waals surface area contributed by atoms with Crippen molar-refractivity contribution in [1.29, 1.82) is 0 Å². The first kappa shape index (κ1) is 15.3. The van der Waals surface area contributed by atoms with Crippen molar-refractivity contribution < 1.29 is 9.53 Å². The average Bonchev–Trinajstić information content (AvgIpc) is 3.05. The van der Waals surface area contributed by atoms with Gasteiger partial charge in [-0.05, 0) is 51.0 Å². The van der Waals surface area contributed by atoms with Crippen LogP contribution >= 0.6 is 0 Å². The topological polar surface area (TPSA) is 81.3 Å². The molecule has 2 aromatic rings. The predicted octanol–water partition coefficient (Wildman–Crippen LogP) is 2.96. The fourth-order valence-corrected chi connectivity index (χ4v) is 2.66. The average molecular weight is 312 g/mol. The Morgan fingerprint density at radius 2 is 1.83 bits per heavy atom. The van der Waals surface area contributed by atoms with Crippen molar-refractivity contribution in [1.82, 2.24) is 9.97 Å². The minimum Gasteiger partial charge on any atom is -0.437 e. The standard InChI is InChI=1S/C17H20N4O2/c1-11(22)13-5-7-14(8-6-13)23-17-15(18)16(19-12(2)20-17)21-9-3-4-10-21/h5-8H,3-4,9-10,18H2,1-2H3. The number of aromatic nitrogens is 2. The molecule has 0 bridgehead atoms. The molecule has 1 fully saturated rings. The van der Waals surface area contributed by atoms with Gasteiger partial charge in [-0.2, -0.15) is 4.98 Å². The maximum Gasteiger partial charge on any atom is 0.248 e. The second kappa shape index (κ2) is 6.24. The number of carbonyl (C=O) groups is 1. The van der Waals surface area contributed by atoms with Gasteiger partial charge in [0.25, 0.3) is 0 Å². The molecule has 1 aliphatic heterocycles. The van der Waals surface area contributed by atoms with Gasteiger partial charge in [-0.1, -0.05) is 0 Å². The van der Waals surface area contributed by atoms with E-state index in [1.807, 2.05) is 6.92 Å². The molecule has 1 aromatic carbocycles. The predicted molar refractivity (Wildman–Crippen MR) is 89.1 cm³/mol. The molecule has 6 heteroatoms. The highest BCUT2D eigenvalue weighted by Crippen LogP contribution is 2.33. The van der Waals surface area contributed by atoms with Crippen LogP contribution in [0.2, 0.25) is 0 Å². The van der Waals surface area contributed by atoms with Crippen LogP contribution in [-0.4, -0.2) is 28.8 Å². The Morgan fingerprint density at radius 3 is 2.43 bits per heavy atom. The van der Waals surface area contributed by atoms with E-state index in [9.17, 15) is 4.79 Å². The summed E-state index contributed by atoms with van der Waals surface area (Å²) in [6, 6.07) is 6.93. The number of benzene rings is 1. The molecule has 1 saturated heterocycles. The highest BCUT2D eigenvalue weighted by molar-refractivity contribution is 5.94. The zero-order valence-corrected chi connectivity index (χ0v) is 13.4. The maximum absolute atomic E-state index is 11.3. The minimum absolute atomic E-state index is 0.0188. The number of hydrogen-bond acceptors (Lipinski definition) is 6. The normalized spacial score (nSPS) is 14.1. The summed E-state index contributed by atoms with van der Waals surface area (Å²) >= 11 is 0. The van der Waals surface area contributed by atoms with Crippen molar-refractivity contribution in [3.63, 3.8) is 0 Å². The Balaban J connectivity index is 1.88. The van der Waals surface area contributed by atoms with Gasteiger partial charge in [-0.3, -0.25) is 4.79 Å². The SMILES string of the molecule is CC(=O)c1ccc(Oc2nc(C)nc(N3CCCC3)c2N)cc1. The number of anilines is 2. The molecular weight excluding hydrogens is 292 g/mol. The van der Waals surface area contributed by atoms with Crippen molar-refractivity contribution in [2.75, 3.05) is 23.7 Å². The van der Waals surface area contributed by atoms with Gasteiger partial charge in [-0.25, -0.2) is 4.98 Å². The zero-order chi connectivity index (χ0) is 16.4. The summed E-state index contributed by atoms with van der Waals surface area (Å²) in [6.07, 6.45) is 2.29. The summed E-state index contributed by atoms with van der Waals surface area (Å²) < 4.78 is 5.81. The third-order valence-electron chi connectivity index (χ3n) is 3.88. The minimum atomic E-state index is 0.0188. The van der Waals surface area contributed by atoms with E-state index in [0.29, 0.717) is 28.7 Å². The van der Waals surface area contributed by atoms with E-state index in [1.165, 1.54) is 6.92 Å². The Morgan fingerprint density at radius 1 is 1.17 bits per heavy atom. The van der Waals surface area contributed by atoms with Gasteiger partial charge in [0.1, 0.15) is 17.3 Å². The zero-order valence-electron chi connectivity index (χ0n) is 13.4. The van der Waals surface area contributed by atoms with Crippen molar-refractivity contribution in [3.8, 4) is 11.6 Å². The summed E-state index contributed by atoms with van der Waals surface area (Å²) in [5, 5.41) is 0. The van der Waals surface area contributed by atoms with Crippen LogP contribution in [0.4, 0.5) is 11.5 Å². The molecule has 3 rings (SSSR count). The molecular formula is C17H20N4O2. The lowest BCUT2D eigenvalue weighted by Crippen LogP contribution is -2.21. The van der Waals surface area contributed by atoms with Gasteiger partial charge in [-0.15, -0.1) is 0 Å². The Kier molecular flexibility index (Phi) is 4.14. The van der Waals surface area contributed by atoms with Crippen LogP contribution in [0.15, 0.2) is 24.3 Å². The van der Waals surface area contributed by atoms with Crippen LogP contribution in [-0.2, 0) is 0 Å². The number of rotatable bonds is 4. The number of carbonyl (C=O) groups excluding carboxylic acids is 1. The van der Waals surface area contributed by atoms with E-state index in [4.69, 9.17) is 10.5 Å². The Hall–Kier alpha value is -2.63. The molecule has 1 aliphatic rings. The smallest absolute Gasteiger partial charge is 0.248 e. The lowest BCUT2D eigenvalue weighted by atomic mass is 10.1. The largest absolute Gasteiger partial charge is 0.437 e. The number of Topliss-reactive ketones (excluding diaryl/α,β-unsaturated/α-hetero) is 1. The molecule has 23 heavy (non-hydrogen) atoms. The molecule has 0 atom stereocenters. The van der Waals surface area contributed by atoms with E-state index >= 15 is 0 Å². The van der Waals surface area contributed by atoms with Gasteiger partial charge in [0.2, 0.25) is 5.88 Å². The van der Waals surface area contributed by atoms with Gasteiger partial charge in [0.05, 0.1) is 0 Å². The van der Waals surface area contributed by atoms with Gasteiger partial charge >= 0.3 is 0 Å². The number of ketones is 1. The van der Waals surface area contributed by atoms with E-state index < -0.39 is 0 Å². The molecule has 0 spiro atoms. The van der Waals surface area contributed by atoms with Crippen LogP contribution in [0.3, 0.4) is 0 Å². The summed E-state index contributed by atoms with van der Waals surface area (Å²) in [5.74, 6) is 2.33. The lowest BCUT2D eigenvalue weighted by Gasteiger charge is -2.20. The second-order valence-corrected chi connectivity index (χ2v) is 5.69. The number of nitrogens with zero attached hydrogens (tertiary/aromatic N) is 3. The lowest BCUT2D eigenvalue weighted by molar-refractivity contribution is 0.101. The van der Waals surface area contributed by atoms with Gasteiger partial charge in [0.15, 0.2) is 11.6 Å². The Labute approximate surface area is 135 Å². The fourth-order valence-electron chi connectivity index (χ4n) is 2.66. The van der Waals surface area contributed by atoms with E-state index in [0.717, 1.165) is 31.7 Å². The van der Waals surface area contributed by atoms with E-state index in [2.05, 4.69) is 14.9 Å².